The summed E-state index contributed by atoms with van der Waals surface area (Å²) >= 11 is 1.33. The van der Waals surface area contributed by atoms with E-state index in [9.17, 15) is 4.79 Å². The van der Waals surface area contributed by atoms with Gasteiger partial charge in [0.05, 0.1) is 6.61 Å². The number of anilines is 2. The van der Waals surface area contributed by atoms with Gasteiger partial charge in [0.1, 0.15) is 10.7 Å². The second kappa shape index (κ2) is 6.72. The van der Waals surface area contributed by atoms with E-state index in [1.807, 2.05) is 0 Å². The van der Waals surface area contributed by atoms with Crippen LogP contribution in [0.4, 0.5) is 10.9 Å². The molecule has 0 aromatic carbocycles. The van der Waals surface area contributed by atoms with Crippen LogP contribution in [-0.2, 0) is 0 Å². The van der Waals surface area contributed by atoms with Crippen molar-refractivity contribution in [3.63, 3.8) is 0 Å². The van der Waals surface area contributed by atoms with Gasteiger partial charge in [-0.25, -0.2) is 4.98 Å². The van der Waals surface area contributed by atoms with Gasteiger partial charge in [-0.1, -0.05) is 24.2 Å². The Morgan fingerprint density at radius 3 is 2.68 bits per heavy atom. The minimum atomic E-state index is -0.259. The van der Waals surface area contributed by atoms with E-state index in [0.29, 0.717) is 4.88 Å². The van der Waals surface area contributed by atoms with Crippen LogP contribution < -0.4 is 16.0 Å². The minimum Gasteiger partial charge on any atom is -0.395 e. The lowest BCUT2D eigenvalue weighted by Gasteiger charge is -2.18. The summed E-state index contributed by atoms with van der Waals surface area (Å²) in [6.07, 6.45) is 4.82. The maximum absolute atomic E-state index is 11.8. The number of carbonyl (C=O) groups is 1. The number of aliphatic hydroxyl groups is 1. The minimum absolute atomic E-state index is 0.0799. The molecule has 7 heteroatoms. The molecule has 1 aromatic heterocycles. The van der Waals surface area contributed by atoms with Gasteiger partial charge in [-0.05, 0) is 12.8 Å². The topological polar surface area (TPSA) is 91.5 Å². The van der Waals surface area contributed by atoms with Crippen LogP contribution in [-0.4, -0.2) is 42.2 Å². The number of nitrogens with one attached hydrogen (secondary N) is 1. The molecule has 2 rings (SSSR count). The van der Waals surface area contributed by atoms with Gasteiger partial charge in [0.25, 0.3) is 5.91 Å². The molecule has 0 spiro atoms. The molecule has 6 nitrogen and oxygen atoms in total. The van der Waals surface area contributed by atoms with Crippen molar-refractivity contribution in [2.75, 3.05) is 36.9 Å². The van der Waals surface area contributed by atoms with Crippen LogP contribution in [0.25, 0.3) is 0 Å². The highest BCUT2D eigenvalue weighted by molar-refractivity contribution is 7.18. The third-order valence-electron chi connectivity index (χ3n) is 3.12. The predicted octanol–water partition coefficient (Wildman–Crippen LogP) is 0.828. The average Bonchev–Trinajstić information content (AvgIpc) is 2.65. The second-order valence-corrected chi connectivity index (χ2v) is 5.57. The van der Waals surface area contributed by atoms with Crippen LogP contribution in [0.2, 0.25) is 0 Å². The molecule has 0 bridgehead atoms. The maximum atomic E-state index is 11.8. The normalized spacial score (nSPS) is 16.2. The summed E-state index contributed by atoms with van der Waals surface area (Å²) in [5, 5.41) is 12.1. The summed E-state index contributed by atoms with van der Waals surface area (Å²) in [7, 11) is 0. The van der Waals surface area contributed by atoms with Gasteiger partial charge in [-0.2, -0.15) is 0 Å². The number of nitrogens with zero attached hydrogens (tertiary/aromatic N) is 2. The molecule has 4 N–H and O–H groups in total. The van der Waals surface area contributed by atoms with E-state index in [1.165, 1.54) is 24.2 Å². The number of nitrogens with two attached hydrogens (primary N) is 1. The summed E-state index contributed by atoms with van der Waals surface area (Å²) < 4.78 is 0. The van der Waals surface area contributed by atoms with E-state index in [-0.39, 0.29) is 24.9 Å². The molecular formula is C12H20N4O2S. The van der Waals surface area contributed by atoms with Crippen molar-refractivity contribution in [3.8, 4) is 0 Å². The highest BCUT2D eigenvalue weighted by Crippen LogP contribution is 2.29. The Morgan fingerprint density at radius 2 is 2.05 bits per heavy atom. The molecule has 0 radical (unpaired) electrons. The van der Waals surface area contributed by atoms with E-state index in [1.54, 1.807) is 0 Å². The van der Waals surface area contributed by atoms with E-state index < -0.39 is 0 Å². The van der Waals surface area contributed by atoms with E-state index in [0.717, 1.165) is 31.1 Å². The molecule has 19 heavy (non-hydrogen) atoms. The highest BCUT2D eigenvalue weighted by atomic mass is 32.1. The summed E-state index contributed by atoms with van der Waals surface area (Å²) in [5.41, 5.74) is 5.81. The van der Waals surface area contributed by atoms with Crippen molar-refractivity contribution in [2.24, 2.45) is 0 Å². The number of amides is 1. The largest absolute Gasteiger partial charge is 0.395 e. The Labute approximate surface area is 116 Å². The van der Waals surface area contributed by atoms with Crippen molar-refractivity contribution in [1.29, 1.82) is 0 Å². The fraction of sp³-hybridized carbons (Fsp3) is 0.667. The van der Waals surface area contributed by atoms with Crippen molar-refractivity contribution in [3.05, 3.63) is 4.88 Å². The molecule has 0 unspecified atom stereocenters. The van der Waals surface area contributed by atoms with E-state index in [2.05, 4.69) is 15.2 Å². The summed E-state index contributed by atoms with van der Waals surface area (Å²) in [5.74, 6) is 0.0183. The highest BCUT2D eigenvalue weighted by Gasteiger charge is 2.20. The van der Waals surface area contributed by atoms with Gasteiger partial charge in [-0.3, -0.25) is 4.79 Å². The van der Waals surface area contributed by atoms with Crippen LogP contribution >= 0.6 is 11.3 Å². The Balaban J connectivity index is 2.08. The molecule has 1 aliphatic rings. The number of nitrogen functional groups attached to an aromatic ring is 1. The smallest absolute Gasteiger partial charge is 0.265 e. The molecule has 1 amide bonds. The Hall–Kier alpha value is -1.34. The average molecular weight is 284 g/mol. The summed E-state index contributed by atoms with van der Waals surface area (Å²) in [6.45, 7) is 2.11. The first-order valence-electron chi connectivity index (χ1n) is 6.62. The summed E-state index contributed by atoms with van der Waals surface area (Å²) in [6, 6.07) is 0. The predicted molar refractivity (Wildman–Crippen MR) is 76.6 cm³/mol. The van der Waals surface area contributed by atoms with Crippen LogP contribution in [0.3, 0.4) is 0 Å². The van der Waals surface area contributed by atoms with Crippen molar-refractivity contribution in [1.82, 2.24) is 10.3 Å². The maximum Gasteiger partial charge on any atom is 0.265 e. The number of aromatic nitrogens is 1. The lowest BCUT2D eigenvalue weighted by Crippen LogP contribution is -2.26. The van der Waals surface area contributed by atoms with Crippen LogP contribution in [0, 0.1) is 0 Å². The SMILES string of the molecule is Nc1nc(N2CCCCCC2)sc1C(=O)NCCO. The zero-order chi connectivity index (χ0) is 13.7. The van der Waals surface area contributed by atoms with Gasteiger partial charge >= 0.3 is 0 Å². The third-order valence-corrected chi connectivity index (χ3v) is 4.25. The van der Waals surface area contributed by atoms with Crippen molar-refractivity contribution < 1.29 is 9.90 Å². The van der Waals surface area contributed by atoms with Crippen molar-refractivity contribution in [2.45, 2.75) is 25.7 Å². The second-order valence-electron chi connectivity index (χ2n) is 4.59. The summed E-state index contributed by atoms with van der Waals surface area (Å²) in [4.78, 5) is 18.8. The van der Waals surface area contributed by atoms with E-state index in [4.69, 9.17) is 10.8 Å². The first-order chi connectivity index (χ1) is 9.22. The van der Waals surface area contributed by atoms with Gasteiger partial charge in [-0.15, -0.1) is 0 Å². The lowest BCUT2D eigenvalue weighted by atomic mass is 10.2. The fourth-order valence-electron chi connectivity index (χ4n) is 2.13. The van der Waals surface area contributed by atoms with Crippen LogP contribution in [0.15, 0.2) is 0 Å². The first kappa shape index (κ1) is 14.1. The number of aliphatic hydroxyl groups excluding tert-OH is 1. The molecular weight excluding hydrogens is 264 g/mol. The monoisotopic (exact) mass is 284 g/mol. The lowest BCUT2D eigenvalue weighted by molar-refractivity contribution is 0.0949. The number of thiazole rings is 1. The van der Waals surface area contributed by atoms with Gasteiger partial charge in [0, 0.05) is 19.6 Å². The van der Waals surface area contributed by atoms with Crippen LogP contribution in [0.1, 0.15) is 35.4 Å². The molecule has 0 saturated carbocycles. The Morgan fingerprint density at radius 1 is 1.37 bits per heavy atom. The third kappa shape index (κ3) is 3.57. The van der Waals surface area contributed by atoms with Crippen molar-refractivity contribution >= 4 is 28.2 Å². The molecule has 2 heterocycles. The van der Waals surface area contributed by atoms with E-state index >= 15 is 0 Å². The number of hydrogen-bond acceptors (Lipinski definition) is 6. The fourth-order valence-corrected chi connectivity index (χ4v) is 3.08. The number of hydrogen-bond donors (Lipinski definition) is 3. The van der Waals surface area contributed by atoms with Crippen LogP contribution in [0.5, 0.6) is 0 Å². The molecule has 1 aliphatic heterocycles. The van der Waals surface area contributed by atoms with Gasteiger partial charge in [0.2, 0.25) is 0 Å². The standard InChI is InChI=1S/C12H20N4O2S/c13-10-9(11(18)14-5-8-17)19-12(15-10)16-6-3-1-2-4-7-16/h17H,1-8,13H2,(H,14,18). The molecule has 1 fully saturated rings. The Bertz CT molecular complexity index is 427. The number of carbonyl (C=O) groups excluding carboxylic acids is 1. The van der Waals surface area contributed by atoms with Gasteiger partial charge in [0.15, 0.2) is 5.13 Å². The zero-order valence-corrected chi connectivity index (χ0v) is 11.7. The molecule has 1 aromatic rings. The Kier molecular flexibility index (Phi) is 4.98. The number of rotatable bonds is 4. The molecule has 0 aliphatic carbocycles. The van der Waals surface area contributed by atoms with Gasteiger partial charge < -0.3 is 21.1 Å². The quantitative estimate of drug-likeness (QED) is 0.761. The molecule has 0 atom stereocenters. The zero-order valence-electron chi connectivity index (χ0n) is 10.9. The molecule has 106 valence electrons. The first-order valence-corrected chi connectivity index (χ1v) is 7.44. The molecule has 1 saturated heterocycles.